The molecule has 0 bridgehead atoms. The van der Waals surface area contributed by atoms with E-state index in [4.69, 9.17) is 0 Å². The van der Waals surface area contributed by atoms with Crippen molar-refractivity contribution in [1.29, 1.82) is 0 Å². The van der Waals surface area contributed by atoms with Crippen LogP contribution in [0.15, 0.2) is 54.7 Å². The minimum Gasteiger partial charge on any atom is -0.367 e. The number of aryl methyl sites for hydroxylation is 1. The predicted molar refractivity (Wildman–Crippen MR) is 108 cm³/mol. The molecule has 27 heavy (non-hydrogen) atoms. The lowest BCUT2D eigenvalue weighted by Gasteiger charge is -2.20. The van der Waals surface area contributed by atoms with Crippen LogP contribution in [0.5, 0.6) is 0 Å². The Morgan fingerprint density at radius 2 is 1.96 bits per heavy atom. The molecule has 0 radical (unpaired) electrons. The Labute approximate surface area is 159 Å². The van der Waals surface area contributed by atoms with Crippen LogP contribution in [0.25, 0.3) is 11.3 Å². The minimum absolute atomic E-state index is 0.0382. The Bertz CT molecular complexity index is 982. The molecule has 0 saturated heterocycles. The number of amides is 1. The highest BCUT2D eigenvalue weighted by atomic mass is 16.1. The zero-order valence-corrected chi connectivity index (χ0v) is 15.6. The van der Waals surface area contributed by atoms with Crippen molar-refractivity contribution in [2.24, 2.45) is 0 Å². The van der Waals surface area contributed by atoms with Crippen molar-refractivity contribution in [3.8, 4) is 11.3 Å². The molecule has 3 aromatic rings. The molecule has 0 fully saturated rings. The van der Waals surface area contributed by atoms with Gasteiger partial charge in [-0.2, -0.15) is 0 Å². The second-order valence-corrected chi connectivity index (χ2v) is 6.88. The number of benzene rings is 2. The monoisotopic (exact) mass is 358 g/mol. The van der Waals surface area contributed by atoms with Crippen LogP contribution in [0.4, 0.5) is 11.4 Å². The summed E-state index contributed by atoms with van der Waals surface area (Å²) in [6, 6.07) is 16.7. The maximum absolute atomic E-state index is 11.2. The molecule has 2 heterocycles. The average molecular weight is 358 g/mol. The van der Waals surface area contributed by atoms with Gasteiger partial charge in [0.25, 0.3) is 0 Å². The number of fused-ring (bicyclic) bond motifs is 1. The van der Waals surface area contributed by atoms with Crippen LogP contribution in [-0.4, -0.2) is 22.4 Å². The number of rotatable bonds is 4. The van der Waals surface area contributed by atoms with Gasteiger partial charge in [-0.3, -0.25) is 4.79 Å². The third kappa shape index (κ3) is 3.82. The van der Waals surface area contributed by atoms with Crippen LogP contribution in [0.3, 0.4) is 0 Å². The molecular formula is C22H22N4O. The summed E-state index contributed by atoms with van der Waals surface area (Å²) in [5.41, 5.74) is 6.72. The van der Waals surface area contributed by atoms with E-state index in [-0.39, 0.29) is 5.91 Å². The number of hydrogen-bond donors (Lipinski definition) is 1. The summed E-state index contributed by atoms with van der Waals surface area (Å²) in [5.74, 6) is 0.743. The second kappa shape index (κ2) is 7.19. The van der Waals surface area contributed by atoms with Gasteiger partial charge >= 0.3 is 0 Å². The molecule has 0 aliphatic carbocycles. The van der Waals surface area contributed by atoms with Crippen molar-refractivity contribution in [2.45, 2.75) is 26.8 Å². The summed E-state index contributed by atoms with van der Waals surface area (Å²) in [6.07, 6.45) is 2.79. The Morgan fingerprint density at radius 3 is 2.70 bits per heavy atom. The van der Waals surface area contributed by atoms with Gasteiger partial charge in [-0.25, -0.2) is 9.97 Å². The number of hydrogen-bond acceptors (Lipinski definition) is 4. The molecule has 1 aromatic heterocycles. The third-order valence-corrected chi connectivity index (χ3v) is 4.79. The molecule has 0 atom stereocenters. The number of aromatic nitrogens is 2. The van der Waals surface area contributed by atoms with Gasteiger partial charge < -0.3 is 10.2 Å². The quantitative estimate of drug-likeness (QED) is 0.767. The van der Waals surface area contributed by atoms with Crippen LogP contribution in [0, 0.1) is 6.92 Å². The number of nitrogens with zero attached hydrogens (tertiary/aromatic N) is 3. The van der Waals surface area contributed by atoms with E-state index in [2.05, 4.69) is 56.6 Å². The number of nitrogens with one attached hydrogen (secondary N) is 1. The lowest BCUT2D eigenvalue weighted by atomic mass is 10.1. The van der Waals surface area contributed by atoms with E-state index >= 15 is 0 Å². The normalized spacial score (nSPS) is 12.7. The van der Waals surface area contributed by atoms with E-state index in [1.54, 1.807) is 6.20 Å². The Balaban J connectivity index is 1.49. The van der Waals surface area contributed by atoms with Crippen LogP contribution < -0.4 is 10.2 Å². The smallest absolute Gasteiger partial charge is 0.221 e. The van der Waals surface area contributed by atoms with Crippen molar-refractivity contribution in [1.82, 2.24) is 9.97 Å². The molecule has 0 spiro atoms. The fourth-order valence-electron chi connectivity index (χ4n) is 3.53. The molecule has 0 saturated carbocycles. The summed E-state index contributed by atoms with van der Waals surface area (Å²) in [6.45, 7) is 5.30. The van der Waals surface area contributed by atoms with Gasteiger partial charge in [0, 0.05) is 43.1 Å². The van der Waals surface area contributed by atoms with Crippen molar-refractivity contribution in [3.05, 3.63) is 71.7 Å². The SMILES string of the molecule is CC(=O)Nc1ccc2c(c1)CCN2Cc1ccc(-c2ccnc(C)n2)cc1. The van der Waals surface area contributed by atoms with Crippen LogP contribution in [-0.2, 0) is 17.8 Å². The average Bonchev–Trinajstić information content (AvgIpc) is 3.04. The molecule has 1 amide bonds. The largest absolute Gasteiger partial charge is 0.367 e. The van der Waals surface area contributed by atoms with Gasteiger partial charge in [-0.1, -0.05) is 24.3 Å². The zero-order valence-electron chi connectivity index (χ0n) is 15.6. The minimum atomic E-state index is -0.0382. The summed E-state index contributed by atoms with van der Waals surface area (Å²) in [5, 5.41) is 2.86. The number of carbonyl (C=O) groups excluding carboxylic acids is 1. The fraction of sp³-hybridized carbons (Fsp3) is 0.227. The summed E-state index contributed by atoms with van der Waals surface area (Å²) < 4.78 is 0. The topological polar surface area (TPSA) is 58.1 Å². The first-order valence-corrected chi connectivity index (χ1v) is 9.13. The van der Waals surface area contributed by atoms with Crippen LogP contribution >= 0.6 is 0 Å². The molecule has 5 nitrogen and oxygen atoms in total. The molecule has 4 rings (SSSR count). The molecule has 136 valence electrons. The number of anilines is 2. The van der Waals surface area contributed by atoms with Gasteiger partial charge in [-0.05, 0) is 48.7 Å². The molecule has 1 N–H and O–H groups in total. The van der Waals surface area contributed by atoms with Crippen molar-refractivity contribution < 1.29 is 4.79 Å². The van der Waals surface area contributed by atoms with Gasteiger partial charge in [0.1, 0.15) is 5.82 Å². The predicted octanol–water partition coefficient (Wildman–Crippen LogP) is 3.97. The first-order valence-electron chi connectivity index (χ1n) is 9.13. The Morgan fingerprint density at radius 1 is 1.15 bits per heavy atom. The van der Waals surface area contributed by atoms with Gasteiger partial charge in [0.05, 0.1) is 5.69 Å². The lowest BCUT2D eigenvalue weighted by Crippen LogP contribution is -2.19. The van der Waals surface area contributed by atoms with Crippen molar-refractivity contribution >= 4 is 17.3 Å². The van der Waals surface area contributed by atoms with E-state index < -0.39 is 0 Å². The van der Waals surface area contributed by atoms with E-state index in [1.165, 1.54) is 23.7 Å². The summed E-state index contributed by atoms with van der Waals surface area (Å²) >= 11 is 0. The van der Waals surface area contributed by atoms with Crippen molar-refractivity contribution in [3.63, 3.8) is 0 Å². The van der Waals surface area contributed by atoms with E-state index in [1.807, 2.05) is 19.1 Å². The van der Waals surface area contributed by atoms with E-state index in [0.29, 0.717) is 0 Å². The first kappa shape index (κ1) is 17.2. The zero-order chi connectivity index (χ0) is 18.8. The Hall–Kier alpha value is -3.21. The molecule has 5 heteroatoms. The molecule has 2 aromatic carbocycles. The standard InChI is InChI=1S/C22H22N4O/c1-15-23-11-9-21(24-15)18-5-3-17(4-6-18)14-26-12-10-19-13-20(25-16(2)27)7-8-22(19)26/h3-9,11,13H,10,12,14H2,1-2H3,(H,25,27). The van der Waals surface area contributed by atoms with Gasteiger partial charge in [0.15, 0.2) is 0 Å². The van der Waals surface area contributed by atoms with Crippen LogP contribution in [0.2, 0.25) is 0 Å². The van der Waals surface area contributed by atoms with Crippen LogP contribution in [0.1, 0.15) is 23.9 Å². The second-order valence-electron chi connectivity index (χ2n) is 6.88. The fourth-order valence-corrected chi connectivity index (χ4v) is 3.53. The molecule has 0 unspecified atom stereocenters. The van der Waals surface area contributed by atoms with E-state index in [0.717, 1.165) is 42.3 Å². The molecular weight excluding hydrogens is 336 g/mol. The Kier molecular flexibility index (Phi) is 4.59. The highest BCUT2D eigenvalue weighted by molar-refractivity contribution is 5.89. The lowest BCUT2D eigenvalue weighted by molar-refractivity contribution is -0.114. The van der Waals surface area contributed by atoms with E-state index in [9.17, 15) is 4.79 Å². The third-order valence-electron chi connectivity index (χ3n) is 4.79. The highest BCUT2D eigenvalue weighted by Crippen LogP contribution is 2.32. The molecule has 1 aliphatic rings. The summed E-state index contributed by atoms with van der Waals surface area (Å²) in [7, 11) is 0. The molecule has 1 aliphatic heterocycles. The maximum Gasteiger partial charge on any atom is 0.221 e. The van der Waals surface area contributed by atoms with Gasteiger partial charge in [0.2, 0.25) is 5.91 Å². The summed E-state index contributed by atoms with van der Waals surface area (Å²) in [4.78, 5) is 22.3. The van der Waals surface area contributed by atoms with Crippen molar-refractivity contribution in [2.75, 3.05) is 16.8 Å². The first-order chi connectivity index (χ1) is 13.1. The van der Waals surface area contributed by atoms with Gasteiger partial charge in [-0.15, -0.1) is 0 Å². The highest BCUT2D eigenvalue weighted by Gasteiger charge is 2.19. The maximum atomic E-state index is 11.2. The number of carbonyl (C=O) groups is 1.